The Morgan fingerprint density at radius 2 is 0.880 bits per heavy atom. The Morgan fingerprint density at radius 1 is 0.520 bits per heavy atom. The number of carbonyl (C=O) groups is 2. The maximum absolute atomic E-state index is 12.8. The van der Waals surface area contributed by atoms with Crippen LogP contribution in [0.1, 0.15) is 199 Å². The first-order chi connectivity index (χ1) is 24.3. The van der Waals surface area contributed by atoms with E-state index in [1.807, 2.05) is 6.92 Å². The summed E-state index contributed by atoms with van der Waals surface area (Å²) in [5, 5.41) is 0. The first-order valence-electron chi connectivity index (χ1n) is 20.6. The summed E-state index contributed by atoms with van der Waals surface area (Å²) in [5.74, 6) is -0.797. The molecule has 0 amide bonds. The van der Waals surface area contributed by atoms with Crippen molar-refractivity contribution < 1.29 is 31.7 Å². The van der Waals surface area contributed by atoms with Crippen LogP contribution in [0.15, 0.2) is 29.2 Å². The third-order valence-corrected chi connectivity index (χ3v) is 10.7. The summed E-state index contributed by atoms with van der Waals surface area (Å²) in [6.45, 7) is 5.73. The molecule has 7 nitrogen and oxygen atoms in total. The average Bonchev–Trinajstić information content (AvgIpc) is 3.10. The zero-order valence-electron chi connectivity index (χ0n) is 32.4. The van der Waals surface area contributed by atoms with Crippen molar-refractivity contribution in [1.29, 1.82) is 0 Å². The van der Waals surface area contributed by atoms with Gasteiger partial charge in [-0.3, -0.25) is 13.8 Å². The lowest BCUT2D eigenvalue weighted by Gasteiger charge is -2.18. The van der Waals surface area contributed by atoms with Crippen LogP contribution in [-0.4, -0.2) is 39.7 Å². The van der Waals surface area contributed by atoms with Crippen molar-refractivity contribution in [2.45, 2.75) is 212 Å². The van der Waals surface area contributed by atoms with Crippen molar-refractivity contribution in [3.8, 4) is 0 Å². The van der Waals surface area contributed by atoms with Gasteiger partial charge < -0.3 is 9.47 Å². The monoisotopic (exact) mass is 723 g/mol. The van der Waals surface area contributed by atoms with Crippen LogP contribution in [0, 0.1) is 6.92 Å². The standard InChI is InChI=1S/C42H74O7S/c1-4-6-8-10-12-14-16-18-20-22-24-26-28-30-41(43)47-36-39(37-48-50(45,46)40-34-32-38(3)33-35-40)49-42(44)31-29-27-25-23-21-19-17-15-13-11-9-7-5-2/h32-35,39H,4-31,36-37H2,1-3H3. The Bertz CT molecular complexity index is 1050. The van der Waals surface area contributed by atoms with Gasteiger partial charge in [0.05, 0.1) is 4.90 Å². The SMILES string of the molecule is CCCCCCCCCCCCCCCC(=O)OCC(COS(=O)(=O)c1ccc(C)cc1)OC(=O)CCCCCCCCCCCCCCC. The molecule has 1 rings (SSSR count). The quantitative estimate of drug-likeness (QED) is 0.0391. The minimum atomic E-state index is -4.06. The Morgan fingerprint density at radius 3 is 1.28 bits per heavy atom. The van der Waals surface area contributed by atoms with Gasteiger partial charge in [-0.15, -0.1) is 0 Å². The average molecular weight is 723 g/mol. The molecule has 290 valence electrons. The third kappa shape index (κ3) is 26.8. The molecule has 0 aliphatic heterocycles. The molecule has 0 spiro atoms. The van der Waals surface area contributed by atoms with Crippen LogP contribution in [-0.2, 0) is 33.4 Å². The molecule has 0 radical (unpaired) electrons. The van der Waals surface area contributed by atoms with Crippen molar-refractivity contribution in [2.24, 2.45) is 0 Å². The molecule has 8 heteroatoms. The summed E-state index contributed by atoms with van der Waals surface area (Å²) in [4.78, 5) is 25.2. The van der Waals surface area contributed by atoms with E-state index < -0.39 is 28.8 Å². The van der Waals surface area contributed by atoms with Crippen molar-refractivity contribution in [1.82, 2.24) is 0 Å². The molecule has 0 heterocycles. The summed E-state index contributed by atoms with van der Waals surface area (Å²) in [5.41, 5.74) is 0.930. The van der Waals surface area contributed by atoms with Crippen LogP contribution < -0.4 is 0 Å². The van der Waals surface area contributed by atoms with E-state index in [1.54, 1.807) is 12.1 Å². The molecular weight excluding hydrogens is 649 g/mol. The van der Waals surface area contributed by atoms with Crippen LogP contribution in [0.4, 0.5) is 0 Å². The largest absolute Gasteiger partial charge is 0.462 e. The topological polar surface area (TPSA) is 96.0 Å². The summed E-state index contributed by atoms with van der Waals surface area (Å²) in [7, 11) is -4.06. The molecule has 0 bridgehead atoms. The number of hydrogen-bond donors (Lipinski definition) is 0. The van der Waals surface area contributed by atoms with E-state index in [0.29, 0.717) is 12.8 Å². The predicted molar refractivity (Wildman–Crippen MR) is 206 cm³/mol. The number of esters is 2. The van der Waals surface area contributed by atoms with Gasteiger partial charge in [-0.25, -0.2) is 0 Å². The highest BCUT2D eigenvalue weighted by molar-refractivity contribution is 7.86. The zero-order chi connectivity index (χ0) is 36.5. The molecule has 50 heavy (non-hydrogen) atoms. The van der Waals surface area contributed by atoms with Crippen LogP contribution in [0.3, 0.4) is 0 Å². The molecule has 0 saturated heterocycles. The molecule has 0 N–H and O–H groups in total. The molecule has 1 aromatic carbocycles. The number of carbonyl (C=O) groups excluding carboxylic acids is 2. The van der Waals surface area contributed by atoms with E-state index in [-0.39, 0.29) is 23.9 Å². The van der Waals surface area contributed by atoms with E-state index in [1.165, 1.54) is 141 Å². The van der Waals surface area contributed by atoms with E-state index in [4.69, 9.17) is 13.7 Å². The van der Waals surface area contributed by atoms with Crippen LogP contribution in [0.2, 0.25) is 0 Å². The van der Waals surface area contributed by atoms with Gasteiger partial charge in [-0.2, -0.15) is 8.42 Å². The molecular formula is C42H74O7S. The first-order valence-corrected chi connectivity index (χ1v) is 22.0. The van der Waals surface area contributed by atoms with E-state index >= 15 is 0 Å². The lowest BCUT2D eigenvalue weighted by atomic mass is 10.0. The number of rotatable bonds is 35. The predicted octanol–water partition coefficient (Wildman–Crippen LogP) is 12.1. The Kier molecular flexibility index (Phi) is 29.3. The molecule has 1 aromatic rings. The minimum Gasteiger partial charge on any atom is -0.462 e. The maximum Gasteiger partial charge on any atom is 0.306 e. The summed E-state index contributed by atoms with van der Waals surface area (Å²) >= 11 is 0. The molecule has 0 saturated carbocycles. The number of hydrogen-bond acceptors (Lipinski definition) is 7. The highest BCUT2D eigenvalue weighted by atomic mass is 32.2. The second-order valence-corrected chi connectivity index (χ2v) is 15.9. The van der Waals surface area contributed by atoms with Crippen molar-refractivity contribution in [2.75, 3.05) is 13.2 Å². The zero-order valence-corrected chi connectivity index (χ0v) is 33.2. The molecule has 0 aromatic heterocycles. The van der Waals surface area contributed by atoms with E-state index in [0.717, 1.165) is 37.7 Å². The molecule has 0 aliphatic carbocycles. The molecule has 0 fully saturated rings. The molecule has 0 aliphatic rings. The van der Waals surface area contributed by atoms with E-state index in [2.05, 4.69) is 13.8 Å². The van der Waals surface area contributed by atoms with Crippen molar-refractivity contribution in [3.05, 3.63) is 29.8 Å². The Hall–Kier alpha value is -1.93. The lowest BCUT2D eigenvalue weighted by Crippen LogP contribution is -2.31. The van der Waals surface area contributed by atoms with Gasteiger partial charge in [0.1, 0.15) is 13.2 Å². The fourth-order valence-electron chi connectivity index (χ4n) is 6.13. The fraction of sp³-hybridized carbons (Fsp3) is 0.810. The maximum atomic E-state index is 12.8. The summed E-state index contributed by atoms with van der Waals surface area (Å²) < 4.78 is 41.8. The highest BCUT2D eigenvalue weighted by Crippen LogP contribution is 2.17. The normalized spacial score (nSPS) is 12.2. The van der Waals surface area contributed by atoms with Gasteiger partial charge in [0.25, 0.3) is 10.1 Å². The minimum absolute atomic E-state index is 0.0274. The lowest BCUT2D eigenvalue weighted by molar-refractivity contribution is -0.161. The number of benzene rings is 1. The van der Waals surface area contributed by atoms with Gasteiger partial charge in [0.2, 0.25) is 0 Å². The van der Waals surface area contributed by atoms with Gasteiger partial charge >= 0.3 is 11.9 Å². The second kappa shape index (κ2) is 31.8. The highest BCUT2D eigenvalue weighted by Gasteiger charge is 2.23. The second-order valence-electron chi connectivity index (χ2n) is 14.3. The summed E-state index contributed by atoms with van der Waals surface area (Å²) in [6.07, 6.45) is 31.3. The van der Waals surface area contributed by atoms with Gasteiger partial charge in [-0.1, -0.05) is 186 Å². The van der Waals surface area contributed by atoms with Gasteiger partial charge in [0.15, 0.2) is 6.10 Å². The molecule has 1 atom stereocenters. The van der Waals surface area contributed by atoms with E-state index in [9.17, 15) is 18.0 Å². The third-order valence-electron chi connectivity index (χ3n) is 9.42. The Balaban J connectivity index is 2.34. The smallest absolute Gasteiger partial charge is 0.306 e. The van der Waals surface area contributed by atoms with Crippen LogP contribution in [0.25, 0.3) is 0 Å². The van der Waals surface area contributed by atoms with Crippen molar-refractivity contribution in [3.63, 3.8) is 0 Å². The Labute approximate surface area is 307 Å². The van der Waals surface area contributed by atoms with Crippen LogP contribution in [0.5, 0.6) is 0 Å². The van der Waals surface area contributed by atoms with Crippen molar-refractivity contribution >= 4 is 22.1 Å². The molecule has 1 unspecified atom stereocenters. The fourth-order valence-corrected chi connectivity index (χ4v) is 7.07. The summed E-state index contributed by atoms with van der Waals surface area (Å²) in [6, 6.07) is 6.36. The first kappa shape index (κ1) is 46.1. The number of ether oxygens (including phenoxy) is 2. The van der Waals surface area contributed by atoms with Crippen LogP contribution >= 0.6 is 0 Å². The number of unbranched alkanes of at least 4 members (excludes halogenated alkanes) is 24. The van der Waals surface area contributed by atoms with Gasteiger partial charge in [0, 0.05) is 12.8 Å². The van der Waals surface area contributed by atoms with Gasteiger partial charge in [-0.05, 0) is 31.9 Å². The number of aryl methyl sites for hydroxylation is 1.